The minimum atomic E-state index is 0. The molecule has 2 heterocycles. The summed E-state index contributed by atoms with van der Waals surface area (Å²) in [6, 6.07) is 1.07. The Morgan fingerprint density at radius 2 is 1.89 bits per heavy atom. The fraction of sp³-hybridized carbons (Fsp3) is 0.929. The maximum Gasteiger partial charge on any atom is 0.237 e. The lowest BCUT2D eigenvalue weighted by Crippen LogP contribution is -2.52. The van der Waals surface area contributed by atoms with E-state index in [4.69, 9.17) is 0 Å². The topological polar surface area (TPSA) is 44.4 Å². The monoisotopic (exact) mass is 289 g/mol. The molecule has 0 aromatic carbocycles. The SMILES string of the molecule is CC(C)N1CCC(NC(=O)C2CCCCN2)CC1.Cl. The van der Waals surface area contributed by atoms with Gasteiger partial charge in [0.2, 0.25) is 5.91 Å². The number of halogens is 1. The second-order valence-corrected chi connectivity index (χ2v) is 5.92. The molecule has 2 aliphatic rings. The fourth-order valence-electron chi connectivity index (χ4n) is 2.94. The van der Waals surface area contributed by atoms with Crippen LogP contribution in [0.3, 0.4) is 0 Å². The molecule has 0 aromatic heterocycles. The number of nitrogens with zero attached hydrogens (tertiary/aromatic N) is 1. The first-order valence-corrected chi connectivity index (χ1v) is 7.44. The van der Waals surface area contributed by atoms with Crippen molar-refractivity contribution in [3.05, 3.63) is 0 Å². The average Bonchev–Trinajstić information content (AvgIpc) is 2.40. The zero-order chi connectivity index (χ0) is 13.0. The van der Waals surface area contributed by atoms with E-state index < -0.39 is 0 Å². The third kappa shape index (κ3) is 4.93. The van der Waals surface area contributed by atoms with Gasteiger partial charge in [-0.25, -0.2) is 0 Å². The zero-order valence-electron chi connectivity index (χ0n) is 12.2. The number of nitrogens with one attached hydrogen (secondary N) is 2. The van der Waals surface area contributed by atoms with Gasteiger partial charge in [0, 0.05) is 25.2 Å². The van der Waals surface area contributed by atoms with E-state index in [-0.39, 0.29) is 24.4 Å². The Morgan fingerprint density at radius 1 is 1.21 bits per heavy atom. The summed E-state index contributed by atoms with van der Waals surface area (Å²) in [6.07, 6.45) is 5.57. The van der Waals surface area contributed by atoms with Crippen LogP contribution < -0.4 is 10.6 Å². The van der Waals surface area contributed by atoms with Crippen LogP contribution in [0.25, 0.3) is 0 Å². The number of likely N-dealkylation sites (tertiary alicyclic amines) is 1. The molecule has 0 radical (unpaired) electrons. The van der Waals surface area contributed by atoms with Crippen LogP contribution in [0.5, 0.6) is 0 Å². The molecular formula is C14H28ClN3O. The van der Waals surface area contributed by atoms with Crippen molar-refractivity contribution in [3.63, 3.8) is 0 Å². The Balaban J connectivity index is 0.00000180. The maximum atomic E-state index is 12.1. The lowest BCUT2D eigenvalue weighted by Gasteiger charge is -2.35. The third-order valence-electron chi connectivity index (χ3n) is 4.23. The van der Waals surface area contributed by atoms with Gasteiger partial charge in [-0.05, 0) is 46.1 Å². The van der Waals surface area contributed by atoms with Gasteiger partial charge in [0.15, 0.2) is 0 Å². The predicted molar refractivity (Wildman–Crippen MR) is 80.8 cm³/mol. The molecule has 0 aromatic rings. The van der Waals surface area contributed by atoms with Crippen LogP contribution in [0.15, 0.2) is 0 Å². The molecule has 2 N–H and O–H groups in total. The Hall–Kier alpha value is -0.320. The first-order valence-electron chi connectivity index (χ1n) is 7.44. The summed E-state index contributed by atoms with van der Waals surface area (Å²) in [6.45, 7) is 7.70. The van der Waals surface area contributed by atoms with E-state index in [1.165, 1.54) is 12.8 Å². The van der Waals surface area contributed by atoms with E-state index >= 15 is 0 Å². The van der Waals surface area contributed by atoms with Crippen LogP contribution in [0.2, 0.25) is 0 Å². The van der Waals surface area contributed by atoms with Crippen LogP contribution in [0, 0.1) is 0 Å². The molecule has 1 unspecified atom stereocenters. The molecule has 19 heavy (non-hydrogen) atoms. The first kappa shape index (κ1) is 16.7. The average molecular weight is 290 g/mol. The molecule has 0 bridgehead atoms. The smallest absolute Gasteiger partial charge is 0.237 e. The van der Waals surface area contributed by atoms with Gasteiger partial charge in [0.1, 0.15) is 0 Å². The van der Waals surface area contributed by atoms with E-state index in [1.54, 1.807) is 0 Å². The number of hydrogen-bond donors (Lipinski definition) is 2. The highest BCUT2D eigenvalue weighted by Crippen LogP contribution is 2.14. The summed E-state index contributed by atoms with van der Waals surface area (Å²) in [5.41, 5.74) is 0. The molecule has 1 atom stereocenters. The largest absolute Gasteiger partial charge is 0.352 e. The highest BCUT2D eigenvalue weighted by Gasteiger charge is 2.26. The second-order valence-electron chi connectivity index (χ2n) is 5.92. The number of piperidine rings is 2. The minimum Gasteiger partial charge on any atom is -0.352 e. The molecule has 5 heteroatoms. The van der Waals surface area contributed by atoms with Gasteiger partial charge >= 0.3 is 0 Å². The van der Waals surface area contributed by atoms with Gasteiger partial charge in [-0.15, -0.1) is 12.4 Å². The molecule has 2 aliphatic heterocycles. The summed E-state index contributed by atoms with van der Waals surface area (Å²) in [4.78, 5) is 14.6. The maximum absolute atomic E-state index is 12.1. The first-order chi connectivity index (χ1) is 8.66. The number of carbonyl (C=O) groups is 1. The number of amides is 1. The van der Waals surface area contributed by atoms with Crippen molar-refractivity contribution in [2.45, 2.75) is 64.1 Å². The predicted octanol–water partition coefficient (Wildman–Crippen LogP) is 1.54. The van der Waals surface area contributed by atoms with Gasteiger partial charge in [0.05, 0.1) is 6.04 Å². The zero-order valence-corrected chi connectivity index (χ0v) is 13.0. The lowest BCUT2D eigenvalue weighted by atomic mass is 10.0. The van der Waals surface area contributed by atoms with E-state index in [0.29, 0.717) is 12.1 Å². The number of hydrogen-bond acceptors (Lipinski definition) is 3. The number of rotatable bonds is 3. The molecule has 0 spiro atoms. The quantitative estimate of drug-likeness (QED) is 0.828. The van der Waals surface area contributed by atoms with Crippen molar-refractivity contribution in [1.82, 2.24) is 15.5 Å². The summed E-state index contributed by atoms with van der Waals surface area (Å²) in [5.74, 6) is 0.220. The molecule has 2 saturated heterocycles. The Bertz CT molecular complexity index is 272. The van der Waals surface area contributed by atoms with Gasteiger partial charge < -0.3 is 15.5 Å². The lowest BCUT2D eigenvalue weighted by molar-refractivity contribution is -0.124. The molecule has 2 rings (SSSR count). The van der Waals surface area contributed by atoms with Crippen molar-refractivity contribution in [2.24, 2.45) is 0 Å². The Morgan fingerprint density at radius 3 is 2.42 bits per heavy atom. The van der Waals surface area contributed by atoms with Crippen molar-refractivity contribution in [2.75, 3.05) is 19.6 Å². The highest BCUT2D eigenvalue weighted by atomic mass is 35.5. The molecular weight excluding hydrogens is 262 g/mol. The van der Waals surface area contributed by atoms with Crippen LogP contribution >= 0.6 is 12.4 Å². The van der Waals surface area contributed by atoms with Crippen LogP contribution in [0.4, 0.5) is 0 Å². The van der Waals surface area contributed by atoms with Gasteiger partial charge in [-0.1, -0.05) is 6.42 Å². The van der Waals surface area contributed by atoms with Crippen LogP contribution in [-0.4, -0.2) is 48.6 Å². The van der Waals surface area contributed by atoms with Gasteiger partial charge in [-0.3, -0.25) is 4.79 Å². The Kier molecular flexibility index (Phi) is 7.11. The molecule has 112 valence electrons. The summed E-state index contributed by atoms with van der Waals surface area (Å²) in [5, 5.41) is 6.53. The molecule has 0 aliphatic carbocycles. The third-order valence-corrected chi connectivity index (χ3v) is 4.23. The van der Waals surface area contributed by atoms with Crippen molar-refractivity contribution in [1.29, 1.82) is 0 Å². The molecule has 2 fully saturated rings. The van der Waals surface area contributed by atoms with E-state index in [2.05, 4.69) is 29.4 Å². The molecule has 1 amide bonds. The van der Waals surface area contributed by atoms with Crippen molar-refractivity contribution in [3.8, 4) is 0 Å². The van der Waals surface area contributed by atoms with Gasteiger partial charge in [-0.2, -0.15) is 0 Å². The Labute approximate surface area is 123 Å². The van der Waals surface area contributed by atoms with Gasteiger partial charge in [0.25, 0.3) is 0 Å². The van der Waals surface area contributed by atoms with E-state index in [1.807, 2.05) is 0 Å². The molecule has 0 saturated carbocycles. The summed E-state index contributed by atoms with van der Waals surface area (Å²) >= 11 is 0. The summed E-state index contributed by atoms with van der Waals surface area (Å²) < 4.78 is 0. The fourth-order valence-corrected chi connectivity index (χ4v) is 2.94. The summed E-state index contributed by atoms with van der Waals surface area (Å²) in [7, 11) is 0. The van der Waals surface area contributed by atoms with Crippen molar-refractivity contribution < 1.29 is 4.79 Å². The van der Waals surface area contributed by atoms with E-state index in [9.17, 15) is 4.79 Å². The van der Waals surface area contributed by atoms with Crippen LogP contribution in [-0.2, 0) is 4.79 Å². The standard InChI is InChI=1S/C14H27N3O.ClH/c1-11(2)17-9-6-12(7-10-17)16-14(18)13-5-3-4-8-15-13;/h11-13,15H,3-10H2,1-2H3,(H,16,18);1H. The van der Waals surface area contributed by atoms with Crippen molar-refractivity contribution >= 4 is 18.3 Å². The van der Waals surface area contributed by atoms with Crippen LogP contribution in [0.1, 0.15) is 46.0 Å². The molecule has 4 nitrogen and oxygen atoms in total. The highest BCUT2D eigenvalue weighted by molar-refractivity contribution is 5.85. The number of carbonyl (C=O) groups excluding carboxylic acids is 1. The normalized spacial score (nSPS) is 25.9. The second kappa shape index (κ2) is 8.08. The van der Waals surface area contributed by atoms with E-state index in [0.717, 1.165) is 38.9 Å². The minimum absolute atomic E-state index is 0.